The van der Waals surface area contributed by atoms with E-state index < -0.39 is 0 Å². The van der Waals surface area contributed by atoms with Gasteiger partial charge in [-0.15, -0.1) is 24.0 Å². The molecule has 0 amide bonds. The number of hydrogen-bond acceptors (Lipinski definition) is 4. The highest BCUT2D eigenvalue weighted by Gasteiger charge is 2.20. The third-order valence-corrected chi connectivity index (χ3v) is 4.53. The van der Waals surface area contributed by atoms with Crippen LogP contribution in [-0.4, -0.2) is 49.1 Å². The third kappa shape index (κ3) is 7.67. The summed E-state index contributed by atoms with van der Waals surface area (Å²) < 4.78 is 5.64. The minimum atomic E-state index is 0. The van der Waals surface area contributed by atoms with Crippen molar-refractivity contribution in [2.45, 2.75) is 26.3 Å². The van der Waals surface area contributed by atoms with Crippen LogP contribution in [-0.2, 0) is 6.42 Å². The maximum absolute atomic E-state index is 5.81. The van der Waals surface area contributed by atoms with Gasteiger partial charge in [0.2, 0.25) is 0 Å². The van der Waals surface area contributed by atoms with E-state index in [0.717, 1.165) is 49.9 Å². The number of likely N-dealkylation sites (N-methyl/N-ethyl adjacent to an activating group) is 1. The number of pyridine rings is 1. The van der Waals surface area contributed by atoms with E-state index in [1.807, 2.05) is 24.3 Å². The number of rotatable bonds is 9. The van der Waals surface area contributed by atoms with E-state index in [4.69, 9.17) is 16.0 Å². The first kappa shape index (κ1) is 23.7. The minimum Gasteiger partial charge on any atom is -0.468 e. The van der Waals surface area contributed by atoms with Crippen LogP contribution in [0.1, 0.15) is 31.2 Å². The molecule has 0 spiro atoms. The number of nitrogens with one attached hydrogen (secondary N) is 2. The van der Waals surface area contributed by atoms with Gasteiger partial charge in [-0.05, 0) is 43.3 Å². The van der Waals surface area contributed by atoms with E-state index in [0.29, 0.717) is 5.15 Å². The van der Waals surface area contributed by atoms with Crippen molar-refractivity contribution in [3.05, 3.63) is 53.2 Å². The Hall–Kier alpha value is -1.32. The number of halogens is 2. The second kappa shape index (κ2) is 13.0. The fourth-order valence-corrected chi connectivity index (χ4v) is 2.96. The van der Waals surface area contributed by atoms with Crippen molar-refractivity contribution < 1.29 is 4.42 Å². The highest BCUT2D eigenvalue weighted by molar-refractivity contribution is 14.0. The maximum atomic E-state index is 5.81. The fourth-order valence-electron chi connectivity index (χ4n) is 2.85. The molecule has 1 atom stereocenters. The van der Waals surface area contributed by atoms with Crippen molar-refractivity contribution >= 4 is 41.5 Å². The lowest BCUT2D eigenvalue weighted by Gasteiger charge is -2.28. The van der Waals surface area contributed by atoms with E-state index in [9.17, 15) is 0 Å². The van der Waals surface area contributed by atoms with Crippen LogP contribution in [0.15, 0.2) is 46.1 Å². The second-order valence-corrected chi connectivity index (χ2v) is 6.26. The summed E-state index contributed by atoms with van der Waals surface area (Å²) in [5, 5.41) is 7.25. The molecule has 1 unspecified atom stereocenters. The summed E-state index contributed by atoms with van der Waals surface area (Å²) >= 11 is 5.81. The maximum Gasteiger partial charge on any atom is 0.191 e. The summed E-state index contributed by atoms with van der Waals surface area (Å²) in [5.74, 6) is 1.74. The Labute approximate surface area is 183 Å². The predicted molar refractivity (Wildman–Crippen MR) is 122 cm³/mol. The zero-order valence-corrected chi connectivity index (χ0v) is 19.2. The Morgan fingerprint density at radius 3 is 2.59 bits per heavy atom. The molecule has 2 rings (SSSR count). The Morgan fingerprint density at radius 2 is 2.04 bits per heavy atom. The molecule has 6 nitrogen and oxygen atoms in total. The van der Waals surface area contributed by atoms with Crippen molar-refractivity contribution in [3.8, 4) is 0 Å². The molecule has 2 N–H and O–H groups in total. The van der Waals surface area contributed by atoms with Crippen molar-refractivity contribution in [2.24, 2.45) is 4.99 Å². The van der Waals surface area contributed by atoms with Gasteiger partial charge in [-0.3, -0.25) is 9.89 Å². The Morgan fingerprint density at radius 1 is 1.26 bits per heavy atom. The number of nitrogens with zero attached hydrogens (tertiary/aromatic N) is 3. The molecule has 0 saturated heterocycles. The molecule has 2 aromatic heterocycles. The van der Waals surface area contributed by atoms with Crippen LogP contribution in [0.4, 0.5) is 0 Å². The van der Waals surface area contributed by atoms with Gasteiger partial charge >= 0.3 is 0 Å². The number of aromatic nitrogens is 1. The van der Waals surface area contributed by atoms with Crippen molar-refractivity contribution in [1.29, 1.82) is 0 Å². The molecular formula is C19H29ClIN5O. The summed E-state index contributed by atoms with van der Waals surface area (Å²) in [6.45, 7) is 7.72. The largest absolute Gasteiger partial charge is 0.468 e. The number of furan rings is 1. The summed E-state index contributed by atoms with van der Waals surface area (Å²) in [5.41, 5.74) is 1.13. The fraction of sp³-hybridized carbons (Fsp3) is 0.474. The molecular weight excluding hydrogens is 477 g/mol. The van der Waals surface area contributed by atoms with Gasteiger partial charge in [-0.2, -0.15) is 0 Å². The third-order valence-electron chi connectivity index (χ3n) is 4.31. The van der Waals surface area contributed by atoms with E-state index in [1.54, 1.807) is 19.5 Å². The van der Waals surface area contributed by atoms with Gasteiger partial charge in [-0.1, -0.05) is 31.5 Å². The van der Waals surface area contributed by atoms with E-state index in [1.165, 1.54) is 0 Å². The average molecular weight is 506 g/mol. The topological polar surface area (TPSA) is 65.7 Å². The second-order valence-electron chi connectivity index (χ2n) is 5.87. The zero-order chi connectivity index (χ0) is 18.8. The molecule has 8 heteroatoms. The Balaban J connectivity index is 0.00000364. The van der Waals surface area contributed by atoms with Crippen LogP contribution in [0.2, 0.25) is 5.15 Å². The lowest BCUT2D eigenvalue weighted by Crippen LogP contribution is -2.43. The van der Waals surface area contributed by atoms with Crippen LogP contribution in [0.3, 0.4) is 0 Å². The van der Waals surface area contributed by atoms with Gasteiger partial charge < -0.3 is 15.1 Å². The molecule has 2 heterocycles. The number of aliphatic imine (C=N–C) groups is 1. The summed E-state index contributed by atoms with van der Waals surface area (Å²) in [7, 11) is 1.78. The van der Waals surface area contributed by atoms with Crippen molar-refractivity contribution in [3.63, 3.8) is 0 Å². The van der Waals surface area contributed by atoms with Gasteiger partial charge in [-0.25, -0.2) is 4.98 Å². The molecule has 0 bridgehead atoms. The zero-order valence-electron chi connectivity index (χ0n) is 16.1. The van der Waals surface area contributed by atoms with Gasteiger partial charge in [0.05, 0.1) is 12.3 Å². The summed E-state index contributed by atoms with van der Waals surface area (Å²) in [6.07, 6.45) is 4.37. The molecule has 27 heavy (non-hydrogen) atoms. The van der Waals surface area contributed by atoms with Crippen LogP contribution in [0.25, 0.3) is 0 Å². The highest BCUT2D eigenvalue weighted by atomic mass is 127. The average Bonchev–Trinajstić information content (AvgIpc) is 3.19. The molecule has 2 aromatic rings. The molecule has 0 aromatic carbocycles. The van der Waals surface area contributed by atoms with Crippen LogP contribution >= 0.6 is 35.6 Å². The van der Waals surface area contributed by atoms with Gasteiger partial charge in [0.1, 0.15) is 10.9 Å². The smallest absolute Gasteiger partial charge is 0.191 e. The first-order chi connectivity index (χ1) is 12.7. The Kier molecular flexibility index (Phi) is 11.4. The van der Waals surface area contributed by atoms with E-state index >= 15 is 0 Å². The van der Waals surface area contributed by atoms with Crippen molar-refractivity contribution in [2.75, 3.05) is 33.2 Å². The lowest BCUT2D eigenvalue weighted by molar-refractivity contribution is 0.193. The SMILES string of the molecule is CCN(CC)C(CNC(=NC)NCCc1ccc(Cl)nc1)c1ccco1.I. The van der Waals surface area contributed by atoms with Crippen LogP contribution in [0, 0.1) is 0 Å². The quantitative estimate of drug-likeness (QED) is 0.235. The number of hydrogen-bond donors (Lipinski definition) is 2. The first-order valence-corrected chi connectivity index (χ1v) is 9.38. The normalized spacial score (nSPS) is 12.6. The van der Waals surface area contributed by atoms with Gasteiger partial charge in [0.25, 0.3) is 0 Å². The first-order valence-electron chi connectivity index (χ1n) is 9.00. The molecule has 0 radical (unpaired) electrons. The molecule has 0 aliphatic carbocycles. The van der Waals surface area contributed by atoms with Gasteiger partial charge in [0.15, 0.2) is 5.96 Å². The predicted octanol–water partition coefficient (Wildman–Crippen LogP) is 3.74. The summed E-state index contributed by atoms with van der Waals surface area (Å²) in [4.78, 5) is 10.8. The molecule has 150 valence electrons. The minimum absolute atomic E-state index is 0. The highest BCUT2D eigenvalue weighted by Crippen LogP contribution is 2.20. The number of guanidine groups is 1. The standard InChI is InChI=1S/C19H28ClN5O.HI/c1-4-25(5-2)16(17-7-6-12-26-17)14-24-19(21-3)22-11-10-15-8-9-18(20)23-13-15;/h6-9,12-13,16H,4-5,10-11,14H2,1-3H3,(H2,21,22,24);1H. The van der Waals surface area contributed by atoms with E-state index in [2.05, 4.69) is 39.4 Å². The molecule has 0 fully saturated rings. The lowest BCUT2D eigenvalue weighted by atomic mass is 10.2. The van der Waals surface area contributed by atoms with Crippen LogP contribution in [0.5, 0.6) is 0 Å². The van der Waals surface area contributed by atoms with Crippen molar-refractivity contribution in [1.82, 2.24) is 20.5 Å². The monoisotopic (exact) mass is 505 g/mol. The summed E-state index contributed by atoms with van der Waals surface area (Å²) in [6, 6.07) is 7.91. The van der Waals surface area contributed by atoms with Crippen LogP contribution < -0.4 is 10.6 Å². The van der Waals surface area contributed by atoms with Gasteiger partial charge in [0, 0.05) is 26.3 Å². The molecule has 0 aliphatic heterocycles. The van der Waals surface area contributed by atoms with E-state index in [-0.39, 0.29) is 30.0 Å². The molecule has 0 saturated carbocycles. The Bertz CT molecular complexity index is 659. The molecule has 0 aliphatic rings.